The van der Waals surface area contributed by atoms with Gasteiger partial charge in [0.05, 0.1) is 0 Å². The van der Waals surface area contributed by atoms with Gasteiger partial charge in [0.2, 0.25) is 5.91 Å². The van der Waals surface area contributed by atoms with Crippen LogP contribution in [0.1, 0.15) is 19.3 Å². The summed E-state index contributed by atoms with van der Waals surface area (Å²) >= 11 is 0. The third-order valence-electron chi connectivity index (χ3n) is 2.83. The molecule has 1 heterocycles. The molecule has 0 aromatic rings. The van der Waals surface area contributed by atoms with E-state index in [1.165, 1.54) is 0 Å². The summed E-state index contributed by atoms with van der Waals surface area (Å²) in [6, 6.07) is 0.535. The third kappa shape index (κ3) is 2.35. The summed E-state index contributed by atoms with van der Waals surface area (Å²) in [6.45, 7) is 1.88. The Morgan fingerprint density at radius 1 is 1.38 bits per heavy atom. The molecule has 13 heavy (non-hydrogen) atoms. The van der Waals surface area contributed by atoms with Gasteiger partial charge in [-0.15, -0.1) is 12.4 Å². The van der Waals surface area contributed by atoms with Crippen LogP contribution in [-0.2, 0) is 4.79 Å². The normalized spacial score (nSPS) is 27.2. The fourth-order valence-corrected chi connectivity index (χ4v) is 1.78. The van der Waals surface area contributed by atoms with Crippen LogP contribution in [0.2, 0.25) is 0 Å². The molecule has 0 bridgehead atoms. The Hall–Kier alpha value is -0.280. The summed E-state index contributed by atoms with van der Waals surface area (Å²) < 4.78 is 0. The number of carbonyl (C=O) groups excluding carboxylic acids is 1. The van der Waals surface area contributed by atoms with Crippen LogP contribution in [0.5, 0.6) is 0 Å². The predicted molar refractivity (Wildman–Crippen MR) is 54.0 cm³/mol. The molecular weight excluding hydrogens is 188 g/mol. The number of hydrogen-bond acceptors (Lipinski definition) is 2. The van der Waals surface area contributed by atoms with Crippen LogP contribution in [0, 0.1) is 5.92 Å². The Bertz CT molecular complexity index is 194. The standard InChI is InChI=1S/C9H16N2O.ClH/c1-10-8-4-5-11(6-8)9(12)7-2-3-7;/h7-8,10H,2-6H2,1H3;1H/t8-;/m1./s1. The summed E-state index contributed by atoms with van der Waals surface area (Å²) in [6.07, 6.45) is 3.37. The number of hydrogen-bond donors (Lipinski definition) is 1. The number of rotatable bonds is 2. The molecule has 1 atom stereocenters. The van der Waals surface area contributed by atoms with Gasteiger partial charge >= 0.3 is 0 Å². The van der Waals surface area contributed by atoms with E-state index in [1.807, 2.05) is 11.9 Å². The number of likely N-dealkylation sites (tertiary alicyclic amines) is 1. The molecule has 1 aliphatic carbocycles. The van der Waals surface area contributed by atoms with Crippen molar-refractivity contribution in [3.8, 4) is 0 Å². The first-order valence-corrected chi connectivity index (χ1v) is 4.77. The zero-order valence-corrected chi connectivity index (χ0v) is 8.77. The summed E-state index contributed by atoms with van der Waals surface area (Å²) in [5.41, 5.74) is 0. The van der Waals surface area contributed by atoms with Crippen molar-refractivity contribution >= 4 is 18.3 Å². The Morgan fingerprint density at radius 3 is 2.54 bits per heavy atom. The van der Waals surface area contributed by atoms with Gasteiger partial charge in [-0.2, -0.15) is 0 Å². The second-order valence-electron chi connectivity index (χ2n) is 3.83. The highest BCUT2D eigenvalue weighted by atomic mass is 35.5. The predicted octanol–water partition coefficient (Wildman–Crippen LogP) is 0.638. The lowest BCUT2D eigenvalue weighted by Gasteiger charge is -2.15. The first-order chi connectivity index (χ1) is 5.81. The van der Waals surface area contributed by atoms with Gasteiger partial charge in [-0.25, -0.2) is 0 Å². The van der Waals surface area contributed by atoms with Gasteiger partial charge in [-0.05, 0) is 26.3 Å². The van der Waals surface area contributed by atoms with E-state index in [2.05, 4.69) is 5.32 Å². The van der Waals surface area contributed by atoms with Crippen LogP contribution < -0.4 is 5.32 Å². The van der Waals surface area contributed by atoms with E-state index in [9.17, 15) is 4.79 Å². The maximum Gasteiger partial charge on any atom is 0.225 e. The lowest BCUT2D eigenvalue weighted by Crippen LogP contribution is -2.34. The summed E-state index contributed by atoms with van der Waals surface area (Å²) in [5.74, 6) is 0.786. The molecule has 0 aromatic carbocycles. The molecule has 4 heteroatoms. The molecule has 1 saturated heterocycles. The number of nitrogens with zero attached hydrogens (tertiary/aromatic N) is 1. The summed E-state index contributed by atoms with van der Waals surface area (Å²) in [4.78, 5) is 13.6. The quantitative estimate of drug-likeness (QED) is 0.716. The fraction of sp³-hybridized carbons (Fsp3) is 0.889. The topological polar surface area (TPSA) is 32.3 Å². The smallest absolute Gasteiger partial charge is 0.225 e. The second kappa shape index (κ2) is 4.29. The minimum absolute atomic E-state index is 0. The first-order valence-electron chi connectivity index (χ1n) is 4.77. The number of amides is 1. The minimum atomic E-state index is 0. The average molecular weight is 205 g/mol. The highest BCUT2D eigenvalue weighted by Crippen LogP contribution is 2.31. The zero-order valence-electron chi connectivity index (χ0n) is 7.95. The van der Waals surface area contributed by atoms with Gasteiger partial charge in [-0.1, -0.05) is 0 Å². The van der Waals surface area contributed by atoms with E-state index in [0.717, 1.165) is 32.4 Å². The molecule has 1 amide bonds. The Balaban J connectivity index is 0.000000845. The van der Waals surface area contributed by atoms with Crippen molar-refractivity contribution in [3.05, 3.63) is 0 Å². The third-order valence-corrected chi connectivity index (χ3v) is 2.83. The molecule has 1 saturated carbocycles. The number of carbonyl (C=O) groups is 1. The van der Waals surface area contributed by atoms with Crippen molar-refractivity contribution in [2.24, 2.45) is 5.92 Å². The zero-order chi connectivity index (χ0) is 8.55. The van der Waals surface area contributed by atoms with Crippen molar-refractivity contribution in [1.82, 2.24) is 10.2 Å². The van der Waals surface area contributed by atoms with Crippen molar-refractivity contribution in [2.45, 2.75) is 25.3 Å². The first kappa shape index (κ1) is 10.8. The van der Waals surface area contributed by atoms with Gasteiger partial charge < -0.3 is 10.2 Å². The van der Waals surface area contributed by atoms with Crippen LogP contribution in [0.25, 0.3) is 0 Å². The molecule has 76 valence electrons. The molecule has 1 N–H and O–H groups in total. The van der Waals surface area contributed by atoms with Gasteiger partial charge in [-0.3, -0.25) is 4.79 Å². The van der Waals surface area contributed by atoms with E-state index in [1.54, 1.807) is 0 Å². The number of halogens is 1. The maximum absolute atomic E-state index is 11.6. The number of nitrogens with one attached hydrogen (secondary N) is 1. The fourth-order valence-electron chi connectivity index (χ4n) is 1.78. The van der Waals surface area contributed by atoms with Crippen LogP contribution in [0.15, 0.2) is 0 Å². The van der Waals surface area contributed by atoms with Crippen molar-refractivity contribution in [1.29, 1.82) is 0 Å². The summed E-state index contributed by atoms with van der Waals surface area (Å²) in [7, 11) is 1.97. The molecule has 2 rings (SSSR count). The van der Waals surface area contributed by atoms with Crippen LogP contribution in [0.3, 0.4) is 0 Å². The summed E-state index contributed by atoms with van der Waals surface area (Å²) in [5, 5.41) is 3.21. The molecular formula is C9H17ClN2O. The SMILES string of the molecule is CN[C@@H]1CCN(C(=O)C2CC2)C1.Cl. The van der Waals surface area contributed by atoms with Gasteiger partial charge in [0, 0.05) is 25.0 Å². The van der Waals surface area contributed by atoms with Gasteiger partial charge in [0.15, 0.2) is 0 Å². The second-order valence-corrected chi connectivity index (χ2v) is 3.83. The average Bonchev–Trinajstić information content (AvgIpc) is 2.82. The van der Waals surface area contributed by atoms with E-state index in [-0.39, 0.29) is 12.4 Å². The molecule has 1 aliphatic heterocycles. The Morgan fingerprint density at radius 2 is 2.08 bits per heavy atom. The van der Waals surface area contributed by atoms with E-state index in [4.69, 9.17) is 0 Å². The van der Waals surface area contributed by atoms with E-state index >= 15 is 0 Å². The monoisotopic (exact) mass is 204 g/mol. The molecule has 0 aromatic heterocycles. The molecule has 0 spiro atoms. The largest absolute Gasteiger partial charge is 0.341 e. The molecule has 2 aliphatic rings. The van der Waals surface area contributed by atoms with Crippen LogP contribution in [0.4, 0.5) is 0 Å². The molecule has 2 fully saturated rings. The molecule has 3 nitrogen and oxygen atoms in total. The molecule has 0 unspecified atom stereocenters. The van der Waals surface area contributed by atoms with Gasteiger partial charge in [0.25, 0.3) is 0 Å². The van der Waals surface area contributed by atoms with Gasteiger partial charge in [0.1, 0.15) is 0 Å². The van der Waals surface area contributed by atoms with Crippen LogP contribution in [-0.4, -0.2) is 37.0 Å². The van der Waals surface area contributed by atoms with E-state index in [0.29, 0.717) is 17.9 Å². The highest BCUT2D eigenvalue weighted by Gasteiger charge is 2.36. The lowest BCUT2D eigenvalue weighted by molar-refractivity contribution is -0.131. The number of likely N-dealkylation sites (N-methyl/N-ethyl adjacent to an activating group) is 1. The Kier molecular flexibility index (Phi) is 3.56. The molecule has 0 radical (unpaired) electrons. The van der Waals surface area contributed by atoms with E-state index < -0.39 is 0 Å². The Labute approximate surface area is 85.3 Å². The maximum atomic E-state index is 11.6. The lowest BCUT2D eigenvalue weighted by atomic mass is 10.3. The minimum Gasteiger partial charge on any atom is -0.341 e. The van der Waals surface area contributed by atoms with Crippen molar-refractivity contribution in [2.75, 3.05) is 20.1 Å². The van der Waals surface area contributed by atoms with Crippen molar-refractivity contribution < 1.29 is 4.79 Å². The highest BCUT2D eigenvalue weighted by molar-refractivity contribution is 5.85. The van der Waals surface area contributed by atoms with Crippen LogP contribution >= 0.6 is 12.4 Å². The van der Waals surface area contributed by atoms with Crippen molar-refractivity contribution in [3.63, 3.8) is 0 Å².